The molecule has 0 aliphatic rings. The minimum Gasteiger partial charge on any atom is -0.423 e. The van der Waals surface area contributed by atoms with Crippen LogP contribution in [0.25, 0.3) is 0 Å². The lowest BCUT2D eigenvalue weighted by Gasteiger charge is -2.04. The average Bonchev–Trinajstić information content (AvgIpc) is 2.34. The van der Waals surface area contributed by atoms with Crippen molar-refractivity contribution in [2.24, 2.45) is 0 Å². The molecule has 0 aliphatic heterocycles. The minimum atomic E-state index is -1.39. The Morgan fingerprint density at radius 3 is 2.67 bits per heavy atom. The normalized spacial score (nSPS) is 10.8. The predicted octanol–water partition coefficient (Wildman–Crippen LogP) is -1.12. The summed E-state index contributed by atoms with van der Waals surface area (Å²) in [5.41, 5.74) is 0. The zero-order chi connectivity index (χ0) is 9.14. The molecule has 0 saturated heterocycles. The van der Waals surface area contributed by atoms with Crippen LogP contribution in [-0.4, -0.2) is 41.1 Å². The van der Waals surface area contributed by atoms with Gasteiger partial charge in [-0.05, 0) is 14.1 Å². The van der Waals surface area contributed by atoms with Crippen molar-refractivity contribution in [2.75, 3.05) is 14.1 Å². The third-order valence-electron chi connectivity index (χ3n) is 1.28. The number of thiazole rings is 1. The second-order valence-corrected chi connectivity index (χ2v) is 3.91. The van der Waals surface area contributed by atoms with Gasteiger partial charge in [-0.15, -0.1) is 11.3 Å². The van der Waals surface area contributed by atoms with Crippen LogP contribution in [0.4, 0.5) is 0 Å². The summed E-state index contributed by atoms with van der Waals surface area (Å²) in [5.74, 6) is 0. The summed E-state index contributed by atoms with van der Waals surface area (Å²) in [6.45, 7) is 0.734. The van der Waals surface area contributed by atoms with Gasteiger partial charge in [0.15, 0.2) is 0 Å². The zero-order valence-corrected chi connectivity index (χ0v) is 7.88. The zero-order valence-electron chi connectivity index (χ0n) is 7.06. The molecule has 0 atom stereocenters. The molecule has 2 N–H and O–H groups in total. The van der Waals surface area contributed by atoms with Crippen molar-refractivity contribution in [1.29, 1.82) is 0 Å². The van der Waals surface area contributed by atoms with E-state index in [0.717, 1.165) is 11.6 Å². The SMILES string of the molecule is CN(C)Cc1ncc(B(O)O)s1. The van der Waals surface area contributed by atoms with E-state index < -0.39 is 7.12 Å². The van der Waals surface area contributed by atoms with E-state index in [1.165, 1.54) is 17.5 Å². The van der Waals surface area contributed by atoms with Crippen molar-refractivity contribution < 1.29 is 10.0 Å². The van der Waals surface area contributed by atoms with Crippen LogP contribution in [0.3, 0.4) is 0 Å². The number of aromatic nitrogens is 1. The van der Waals surface area contributed by atoms with Crippen LogP contribution in [0.15, 0.2) is 6.20 Å². The Morgan fingerprint density at radius 2 is 2.25 bits per heavy atom. The van der Waals surface area contributed by atoms with Crippen LogP contribution in [0.5, 0.6) is 0 Å². The second kappa shape index (κ2) is 4.00. The molecule has 0 aromatic carbocycles. The standard InChI is InChI=1S/C6H11BN2O2S/c1-9(2)4-6-8-3-5(12-6)7(10)11/h3,10-11H,4H2,1-2H3. The Kier molecular flexibility index (Phi) is 3.22. The van der Waals surface area contributed by atoms with Gasteiger partial charge in [-0.1, -0.05) is 0 Å². The number of nitrogens with zero attached hydrogens (tertiary/aromatic N) is 2. The first-order valence-corrected chi connectivity index (χ1v) is 4.36. The molecule has 0 unspecified atom stereocenters. The van der Waals surface area contributed by atoms with Crippen molar-refractivity contribution in [3.8, 4) is 0 Å². The van der Waals surface area contributed by atoms with Gasteiger partial charge in [0.1, 0.15) is 5.01 Å². The highest BCUT2D eigenvalue weighted by Gasteiger charge is 2.14. The smallest absolute Gasteiger partial charge is 0.423 e. The van der Waals surface area contributed by atoms with Crippen molar-refractivity contribution in [1.82, 2.24) is 9.88 Å². The Bertz CT molecular complexity index is 251. The van der Waals surface area contributed by atoms with Gasteiger partial charge in [0.2, 0.25) is 0 Å². The number of hydrogen-bond acceptors (Lipinski definition) is 5. The monoisotopic (exact) mass is 186 g/mol. The van der Waals surface area contributed by atoms with Crippen molar-refractivity contribution in [2.45, 2.75) is 6.54 Å². The van der Waals surface area contributed by atoms with Crippen LogP contribution < -0.4 is 4.78 Å². The molecule has 0 fully saturated rings. The van der Waals surface area contributed by atoms with Gasteiger partial charge in [0.25, 0.3) is 0 Å². The largest absolute Gasteiger partial charge is 0.500 e. The molecule has 1 rings (SSSR count). The second-order valence-electron chi connectivity index (χ2n) is 2.77. The molecule has 66 valence electrons. The molecule has 0 amide bonds. The first kappa shape index (κ1) is 9.66. The molecule has 4 nitrogen and oxygen atoms in total. The van der Waals surface area contributed by atoms with E-state index in [1.54, 1.807) is 0 Å². The molecule has 0 aliphatic carbocycles. The summed E-state index contributed by atoms with van der Waals surface area (Å²) in [6.07, 6.45) is 1.49. The predicted molar refractivity (Wildman–Crippen MR) is 49.3 cm³/mol. The highest BCUT2D eigenvalue weighted by atomic mass is 32.1. The topological polar surface area (TPSA) is 56.6 Å². The maximum atomic E-state index is 8.78. The lowest BCUT2D eigenvalue weighted by molar-refractivity contribution is 0.401. The van der Waals surface area contributed by atoms with Gasteiger partial charge >= 0.3 is 7.12 Å². The van der Waals surface area contributed by atoms with E-state index in [9.17, 15) is 0 Å². The van der Waals surface area contributed by atoms with E-state index >= 15 is 0 Å². The Morgan fingerprint density at radius 1 is 1.58 bits per heavy atom. The van der Waals surface area contributed by atoms with E-state index in [1.807, 2.05) is 19.0 Å². The van der Waals surface area contributed by atoms with Gasteiger partial charge in [0, 0.05) is 12.7 Å². The first-order valence-electron chi connectivity index (χ1n) is 3.55. The fraction of sp³-hybridized carbons (Fsp3) is 0.500. The molecular formula is C6H11BN2O2S. The maximum Gasteiger partial charge on any atom is 0.500 e. The molecule has 1 aromatic heterocycles. The van der Waals surface area contributed by atoms with Crippen molar-refractivity contribution >= 4 is 23.2 Å². The van der Waals surface area contributed by atoms with Crippen LogP contribution in [0.2, 0.25) is 0 Å². The number of hydrogen-bond donors (Lipinski definition) is 2. The summed E-state index contributed by atoms with van der Waals surface area (Å²) >= 11 is 1.32. The average molecular weight is 186 g/mol. The third-order valence-corrected chi connectivity index (χ3v) is 2.30. The molecule has 12 heavy (non-hydrogen) atoms. The molecule has 1 aromatic rings. The Hall–Kier alpha value is -0.425. The highest BCUT2D eigenvalue weighted by Crippen LogP contribution is 2.04. The summed E-state index contributed by atoms with van der Waals surface area (Å²) in [7, 11) is 2.49. The fourth-order valence-electron chi connectivity index (χ4n) is 0.787. The van der Waals surface area contributed by atoms with Crippen LogP contribution in [0.1, 0.15) is 5.01 Å². The lowest BCUT2D eigenvalue weighted by atomic mass is 9.91. The van der Waals surface area contributed by atoms with Gasteiger partial charge in [-0.3, -0.25) is 0 Å². The summed E-state index contributed by atoms with van der Waals surface area (Å²) < 4.78 is 0.492. The molecular weight excluding hydrogens is 175 g/mol. The summed E-state index contributed by atoms with van der Waals surface area (Å²) in [6, 6.07) is 0. The molecule has 0 saturated carbocycles. The van der Waals surface area contributed by atoms with Crippen LogP contribution >= 0.6 is 11.3 Å². The van der Waals surface area contributed by atoms with Crippen LogP contribution in [0, 0.1) is 0 Å². The molecule has 1 heterocycles. The van der Waals surface area contributed by atoms with Crippen LogP contribution in [-0.2, 0) is 6.54 Å². The van der Waals surface area contributed by atoms with E-state index in [2.05, 4.69) is 4.98 Å². The highest BCUT2D eigenvalue weighted by molar-refractivity contribution is 7.21. The van der Waals surface area contributed by atoms with Gasteiger partial charge in [-0.25, -0.2) is 4.98 Å². The minimum absolute atomic E-state index is 0.492. The third kappa shape index (κ3) is 2.56. The Balaban J connectivity index is 2.64. The van der Waals surface area contributed by atoms with E-state index in [0.29, 0.717) is 4.78 Å². The Labute approximate surface area is 75.6 Å². The van der Waals surface area contributed by atoms with Gasteiger partial charge < -0.3 is 14.9 Å². The fourth-order valence-corrected chi connectivity index (χ4v) is 1.70. The van der Waals surface area contributed by atoms with Crippen molar-refractivity contribution in [3.05, 3.63) is 11.2 Å². The molecule has 0 bridgehead atoms. The van der Waals surface area contributed by atoms with E-state index in [4.69, 9.17) is 10.0 Å². The first-order chi connectivity index (χ1) is 5.59. The van der Waals surface area contributed by atoms with E-state index in [-0.39, 0.29) is 0 Å². The number of rotatable bonds is 3. The van der Waals surface area contributed by atoms with Gasteiger partial charge in [0.05, 0.1) is 4.78 Å². The molecule has 0 radical (unpaired) electrons. The van der Waals surface area contributed by atoms with Gasteiger partial charge in [-0.2, -0.15) is 0 Å². The summed E-state index contributed by atoms with van der Waals surface area (Å²) in [5, 5.41) is 18.5. The van der Waals surface area contributed by atoms with Crippen molar-refractivity contribution in [3.63, 3.8) is 0 Å². The maximum absolute atomic E-state index is 8.78. The molecule has 6 heteroatoms. The molecule has 0 spiro atoms. The lowest BCUT2D eigenvalue weighted by Crippen LogP contribution is -2.26. The quantitative estimate of drug-likeness (QED) is 0.587. The summed E-state index contributed by atoms with van der Waals surface area (Å²) in [4.78, 5) is 6.01.